The van der Waals surface area contributed by atoms with Crippen molar-refractivity contribution in [3.05, 3.63) is 23.9 Å². The molecule has 18 heavy (non-hydrogen) atoms. The van der Waals surface area contributed by atoms with Gasteiger partial charge in [0.1, 0.15) is 5.82 Å². The summed E-state index contributed by atoms with van der Waals surface area (Å²) in [6, 6.07) is 3.68. The lowest BCUT2D eigenvalue weighted by molar-refractivity contribution is -0.119. The van der Waals surface area contributed by atoms with E-state index >= 15 is 0 Å². The summed E-state index contributed by atoms with van der Waals surface area (Å²) in [7, 11) is 0. The van der Waals surface area contributed by atoms with Crippen LogP contribution in [0.15, 0.2) is 18.3 Å². The maximum Gasteiger partial charge on any atom is 0.151 e. The van der Waals surface area contributed by atoms with Gasteiger partial charge in [0.15, 0.2) is 5.78 Å². The molecule has 0 atom stereocenters. The van der Waals surface area contributed by atoms with Gasteiger partial charge in [0, 0.05) is 31.3 Å². The van der Waals surface area contributed by atoms with E-state index in [-0.39, 0.29) is 5.78 Å². The van der Waals surface area contributed by atoms with Gasteiger partial charge in [-0.15, -0.1) is 0 Å². The van der Waals surface area contributed by atoms with Crippen molar-refractivity contribution in [2.75, 3.05) is 38.5 Å². The van der Waals surface area contributed by atoms with Gasteiger partial charge in [-0.05, 0) is 25.6 Å². The molecule has 0 spiro atoms. The number of ketones is 1. The molecule has 2 rings (SSSR count). The number of nitrogens with zero attached hydrogens (tertiary/aromatic N) is 2. The highest BCUT2D eigenvalue weighted by atomic mass is 16.1. The third-order valence-corrected chi connectivity index (χ3v) is 3.15. The van der Waals surface area contributed by atoms with E-state index in [1.807, 2.05) is 12.1 Å². The summed E-state index contributed by atoms with van der Waals surface area (Å²) in [4.78, 5) is 18.2. The molecule has 0 bridgehead atoms. The predicted molar refractivity (Wildman–Crippen MR) is 71.3 cm³/mol. The molecule has 98 valence electrons. The summed E-state index contributed by atoms with van der Waals surface area (Å²) in [5.74, 6) is 0.667. The smallest absolute Gasteiger partial charge is 0.151 e. The normalized spacial score (nSPS) is 17.3. The van der Waals surface area contributed by atoms with E-state index in [2.05, 4.69) is 15.2 Å². The molecule has 1 aromatic rings. The second kappa shape index (κ2) is 6.47. The Morgan fingerprint density at radius 3 is 3.17 bits per heavy atom. The highest BCUT2D eigenvalue weighted by molar-refractivity contribution is 5.83. The topological polar surface area (TPSA) is 71.2 Å². The van der Waals surface area contributed by atoms with Crippen molar-refractivity contribution in [1.29, 1.82) is 0 Å². The molecule has 1 fully saturated rings. The molecule has 0 aliphatic carbocycles. The minimum atomic E-state index is 0.205. The SMILES string of the molecule is Nc1ncccc1CC(=O)CN1CCCNCC1. The Morgan fingerprint density at radius 2 is 2.33 bits per heavy atom. The second-order valence-electron chi connectivity index (χ2n) is 4.64. The quantitative estimate of drug-likeness (QED) is 0.789. The second-order valence-corrected chi connectivity index (χ2v) is 4.64. The summed E-state index contributed by atoms with van der Waals surface area (Å²) >= 11 is 0. The lowest BCUT2D eigenvalue weighted by atomic mass is 10.1. The van der Waals surface area contributed by atoms with Crippen LogP contribution in [-0.4, -0.2) is 48.4 Å². The summed E-state index contributed by atoms with van der Waals surface area (Å²) < 4.78 is 0. The number of aromatic nitrogens is 1. The summed E-state index contributed by atoms with van der Waals surface area (Å²) in [5.41, 5.74) is 6.57. The van der Waals surface area contributed by atoms with Gasteiger partial charge in [0.05, 0.1) is 6.54 Å². The van der Waals surface area contributed by atoms with Gasteiger partial charge in [0.2, 0.25) is 0 Å². The zero-order valence-electron chi connectivity index (χ0n) is 10.6. The van der Waals surface area contributed by atoms with Gasteiger partial charge in [-0.2, -0.15) is 0 Å². The predicted octanol–water partition coefficient (Wildman–Crippen LogP) is 0.0707. The Kier molecular flexibility index (Phi) is 4.66. The Balaban J connectivity index is 1.86. The highest BCUT2D eigenvalue weighted by Crippen LogP contribution is 2.08. The molecule has 3 N–H and O–H groups in total. The van der Waals surface area contributed by atoms with Crippen LogP contribution in [0, 0.1) is 0 Å². The Morgan fingerprint density at radius 1 is 1.44 bits per heavy atom. The maximum atomic E-state index is 12.0. The number of nitrogen functional groups attached to an aromatic ring is 1. The minimum absolute atomic E-state index is 0.205. The van der Waals surface area contributed by atoms with Crippen LogP contribution in [-0.2, 0) is 11.2 Å². The molecule has 0 amide bonds. The van der Waals surface area contributed by atoms with Crippen LogP contribution in [0.25, 0.3) is 0 Å². The summed E-state index contributed by atoms with van der Waals surface area (Å²) in [6.45, 7) is 4.44. The van der Waals surface area contributed by atoms with Gasteiger partial charge in [-0.1, -0.05) is 6.07 Å². The first kappa shape index (κ1) is 13.0. The van der Waals surface area contributed by atoms with Crippen molar-refractivity contribution in [1.82, 2.24) is 15.2 Å². The molecule has 5 heteroatoms. The van der Waals surface area contributed by atoms with Crippen molar-refractivity contribution < 1.29 is 4.79 Å². The molecule has 1 saturated heterocycles. The molecule has 1 aromatic heterocycles. The van der Waals surface area contributed by atoms with E-state index in [0.29, 0.717) is 18.8 Å². The first-order valence-electron chi connectivity index (χ1n) is 6.40. The summed E-state index contributed by atoms with van der Waals surface area (Å²) in [6.07, 6.45) is 3.12. The molecule has 0 radical (unpaired) electrons. The van der Waals surface area contributed by atoms with E-state index in [1.54, 1.807) is 6.20 Å². The lowest BCUT2D eigenvalue weighted by Crippen LogP contribution is -2.33. The van der Waals surface area contributed by atoms with E-state index in [4.69, 9.17) is 5.73 Å². The fraction of sp³-hybridized carbons (Fsp3) is 0.538. The molecule has 5 nitrogen and oxygen atoms in total. The average molecular weight is 248 g/mol. The minimum Gasteiger partial charge on any atom is -0.383 e. The van der Waals surface area contributed by atoms with Gasteiger partial charge >= 0.3 is 0 Å². The highest BCUT2D eigenvalue weighted by Gasteiger charge is 2.14. The van der Waals surface area contributed by atoms with Crippen molar-refractivity contribution in [3.63, 3.8) is 0 Å². The van der Waals surface area contributed by atoms with Crippen LogP contribution >= 0.6 is 0 Å². The number of nitrogens with two attached hydrogens (primary N) is 1. The number of hydrogen-bond donors (Lipinski definition) is 2. The van der Waals surface area contributed by atoms with Gasteiger partial charge in [0.25, 0.3) is 0 Å². The number of nitrogens with one attached hydrogen (secondary N) is 1. The first-order chi connectivity index (χ1) is 8.75. The van der Waals surface area contributed by atoms with Gasteiger partial charge in [-0.25, -0.2) is 4.98 Å². The summed E-state index contributed by atoms with van der Waals surface area (Å²) in [5, 5.41) is 3.33. The van der Waals surface area contributed by atoms with Crippen molar-refractivity contribution in [2.24, 2.45) is 0 Å². The fourth-order valence-electron chi connectivity index (χ4n) is 2.18. The molecule has 0 saturated carbocycles. The van der Waals surface area contributed by atoms with Crippen molar-refractivity contribution in [3.8, 4) is 0 Å². The first-order valence-corrected chi connectivity index (χ1v) is 6.40. The van der Waals surface area contributed by atoms with E-state index in [0.717, 1.165) is 38.2 Å². The number of Topliss-reactive ketones (excluding diaryl/α,β-unsaturated/α-hetero) is 1. The Bertz CT molecular complexity index is 400. The number of anilines is 1. The number of pyridine rings is 1. The third-order valence-electron chi connectivity index (χ3n) is 3.15. The Labute approximate surface area is 107 Å². The monoisotopic (exact) mass is 248 g/mol. The maximum absolute atomic E-state index is 12.0. The van der Waals surface area contributed by atoms with Crippen molar-refractivity contribution in [2.45, 2.75) is 12.8 Å². The zero-order valence-corrected chi connectivity index (χ0v) is 10.6. The van der Waals surface area contributed by atoms with E-state index in [1.165, 1.54) is 0 Å². The number of carbonyl (C=O) groups is 1. The molecule has 0 unspecified atom stereocenters. The van der Waals surface area contributed by atoms with Crippen LogP contribution in [0.5, 0.6) is 0 Å². The van der Waals surface area contributed by atoms with E-state index < -0.39 is 0 Å². The number of carbonyl (C=O) groups excluding carboxylic acids is 1. The molecule has 2 heterocycles. The van der Waals surface area contributed by atoms with Crippen LogP contribution in [0.1, 0.15) is 12.0 Å². The molecule has 0 aromatic carbocycles. The van der Waals surface area contributed by atoms with Gasteiger partial charge in [-0.3, -0.25) is 9.69 Å². The number of rotatable bonds is 4. The van der Waals surface area contributed by atoms with Crippen LogP contribution < -0.4 is 11.1 Å². The molecular formula is C13H20N4O. The van der Waals surface area contributed by atoms with Crippen molar-refractivity contribution >= 4 is 11.6 Å². The van der Waals surface area contributed by atoms with Crippen LogP contribution in [0.4, 0.5) is 5.82 Å². The molecule has 1 aliphatic rings. The van der Waals surface area contributed by atoms with Crippen LogP contribution in [0.2, 0.25) is 0 Å². The standard InChI is InChI=1S/C13H20N4O/c14-13-11(3-1-5-16-13)9-12(18)10-17-7-2-4-15-6-8-17/h1,3,5,15H,2,4,6-10H2,(H2,14,16). The molecule has 1 aliphatic heterocycles. The fourth-order valence-corrected chi connectivity index (χ4v) is 2.18. The number of hydrogen-bond acceptors (Lipinski definition) is 5. The average Bonchev–Trinajstić information content (AvgIpc) is 2.61. The lowest BCUT2D eigenvalue weighted by Gasteiger charge is -2.18. The Hall–Kier alpha value is -1.46. The molecular weight excluding hydrogens is 228 g/mol. The zero-order chi connectivity index (χ0) is 12.8. The van der Waals surface area contributed by atoms with E-state index in [9.17, 15) is 4.79 Å². The third kappa shape index (κ3) is 3.78. The largest absolute Gasteiger partial charge is 0.383 e. The van der Waals surface area contributed by atoms with Gasteiger partial charge < -0.3 is 11.1 Å². The van der Waals surface area contributed by atoms with Crippen LogP contribution in [0.3, 0.4) is 0 Å².